The van der Waals surface area contributed by atoms with Gasteiger partial charge in [-0.15, -0.1) is 5.11 Å². The van der Waals surface area contributed by atoms with E-state index in [2.05, 4.69) is 15.2 Å². The molecule has 0 saturated carbocycles. The summed E-state index contributed by atoms with van der Waals surface area (Å²) in [6.45, 7) is 0.572. The molecule has 0 saturated heterocycles. The predicted molar refractivity (Wildman–Crippen MR) is 63.7 cm³/mol. The molecule has 0 aliphatic carbocycles. The minimum Gasteiger partial charge on any atom is -0.236 e. The molecule has 1 aromatic heterocycles. The lowest BCUT2D eigenvalue weighted by Crippen LogP contribution is -1.88. The monoisotopic (exact) mass is 229 g/mol. The van der Waals surface area contributed by atoms with Crippen LogP contribution in [0.2, 0.25) is 0 Å². The number of halogens is 1. The second-order valence-electron chi connectivity index (χ2n) is 3.53. The lowest BCUT2D eigenvalue weighted by atomic mass is 10.1. The Bertz CT molecular complexity index is 480. The van der Waals surface area contributed by atoms with E-state index in [4.69, 9.17) is 0 Å². The van der Waals surface area contributed by atoms with Crippen LogP contribution in [0.1, 0.15) is 5.56 Å². The van der Waals surface area contributed by atoms with Gasteiger partial charge in [-0.3, -0.25) is 0 Å². The first-order chi connectivity index (χ1) is 8.34. The van der Waals surface area contributed by atoms with Gasteiger partial charge in [0.15, 0.2) is 5.82 Å². The zero-order valence-electron chi connectivity index (χ0n) is 9.25. The van der Waals surface area contributed by atoms with Gasteiger partial charge in [0.05, 0.1) is 6.54 Å². The summed E-state index contributed by atoms with van der Waals surface area (Å²) >= 11 is 0. The van der Waals surface area contributed by atoms with E-state index >= 15 is 0 Å². The van der Waals surface area contributed by atoms with Crippen molar-refractivity contribution in [3.05, 3.63) is 60.0 Å². The third-order valence-electron chi connectivity index (χ3n) is 2.24. The van der Waals surface area contributed by atoms with Crippen molar-refractivity contribution in [3.8, 4) is 0 Å². The number of azo groups is 1. The molecule has 0 atom stereocenters. The maximum absolute atomic E-state index is 12.6. The van der Waals surface area contributed by atoms with Crippen molar-refractivity contribution < 1.29 is 4.39 Å². The van der Waals surface area contributed by atoms with Crippen LogP contribution in [0.25, 0.3) is 0 Å². The molecule has 17 heavy (non-hydrogen) atoms. The molecule has 2 aromatic rings. The standard InChI is InChI=1S/C13H12FN3/c14-12-6-4-11(5-7-12)8-10-16-17-13-3-1-2-9-15-13/h1-7,9H,8,10H2. The molecule has 2 rings (SSSR count). The predicted octanol–water partition coefficient (Wildman–Crippen LogP) is 3.55. The van der Waals surface area contributed by atoms with Crippen LogP contribution < -0.4 is 0 Å². The van der Waals surface area contributed by atoms with Crippen molar-refractivity contribution >= 4 is 5.82 Å². The van der Waals surface area contributed by atoms with E-state index in [0.717, 1.165) is 12.0 Å². The van der Waals surface area contributed by atoms with Crippen molar-refractivity contribution in [2.45, 2.75) is 6.42 Å². The molecule has 0 bridgehead atoms. The summed E-state index contributed by atoms with van der Waals surface area (Å²) in [4.78, 5) is 4.02. The third-order valence-corrected chi connectivity index (χ3v) is 2.24. The first-order valence-corrected chi connectivity index (χ1v) is 5.37. The van der Waals surface area contributed by atoms with Crippen LogP contribution >= 0.6 is 0 Å². The highest BCUT2D eigenvalue weighted by Gasteiger charge is 1.93. The fourth-order valence-electron chi connectivity index (χ4n) is 1.37. The molecule has 0 aliphatic rings. The molecular weight excluding hydrogens is 217 g/mol. The Labute approximate surface area is 99.1 Å². The lowest BCUT2D eigenvalue weighted by Gasteiger charge is -1.96. The summed E-state index contributed by atoms with van der Waals surface area (Å²) in [5, 5.41) is 8.01. The number of pyridine rings is 1. The van der Waals surface area contributed by atoms with Gasteiger partial charge in [-0.1, -0.05) is 18.2 Å². The van der Waals surface area contributed by atoms with Crippen LogP contribution in [0, 0.1) is 5.82 Å². The average Bonchev–Trinajstić information content (AvgIpc) is 2.38. The SMILES string of the molecule is Fc1ccc(CCN=Nc2ccccn2)cc1. The minimum atomic E-state index is -0.219. The van der Waals surface area contributed by atoms with Gasteiger partial charge in [0.25, 0.3) is 0 Å². The summed E-state index contributed by atoms with van der Waals surface area (Å²) in [6, 6.07) is 11.9. The van der Waals surface area contributed by atoms with E-state index in [9.17, 15) is 4.39 Å². The normalized spacial score (nSPS) is 10.9. The summed E-state index contributed by atoms with van der Waals surface area (Å²) in [7, 11) is 0. The van der Waals surface area contributed by atoms with Gasteiger partial charge in [-0.25, -0.2) is 9.37 Å². The highest BCUT2D eigenvalue weighted by atomic mass is 19.1. The maximum atomic E-state index is 12.6. The average molecular weight is 229 g/mol. The van der Waals surface area contributed by atoms with Gasteiger partial charge < -0.3 is 0 Å². The molecule has 0 unspecified atom stereocenters. The lowest BCUT2D eigenvalue weighted by molar-refractivity contribution is 0.627. The van der Waals surface area contributed by atoms with E-state index < -0.39 is 0 Å². The van der Waals surface area contributed by atoms with Crippen molar-refractivity contribution in [1.29, 1.82) is 0 Å². The summed E-state index contributed by atoms with van der Waals surface area (Å²) < 4.78 is 12.6. The molecular formula is C13H12FN3. The Morgan fingerprint density at radius 2 is 1.88 bits per heavy atom. The molecule has 1 heterocycles. The fraction of sp³-hybridized carbons (Fsp3) is 0.154. The van der Waals surface area contributed by atoms with E-state index in [1.165, 1.54) is 12.1 Å². The summed E-state index contributed by atoms with van der Waals surface area (Å²) in [5.74, 6) is 0.385. The number of hydrogen-bond donors (Lipinski definition) is 0. The first-order valence-electron chi connectivity index (χ1n) is 5.37. The van der Waals surface area contributed by atoms with Gasteiger partial charge in [0.1, 0.15) is 5.82 Å². The smallest absolute Gasteiger partial charge is 0.173 e. The Morgan fingerprint density at radius 1 is 1.06 bits per heavy atom. The number of benzene rings is 1. The fourth-order valence-corrected chi connectivity index (χ4v) is 1.37. The zero-order valence-corrected chi connectivity index (χ0v) is 9.25. The third kappa shape index (κ3) is 3.75. The highest BCUT2D eigenvalue weighted by molar-refractivity contribution is 5.23. The number of nitrogens with zero attached hydrogens (tertiary/aromatic N) is 3. The molecule has 4 heteroatoms. The Hall–Kier alpha value is -2.10. The molecule has 0 amide bonds. The maximum Gasteiger partial charge on any atom is 0.173 e. The molecule has 1 aromatic carbocycles. The molecule has 0 N–H and O–H groups in total. The van der Waals surface area contributed by atoms with Crippen LogP contribution in [-0.4, -0.2) is 11.5 Å². The van der Waals surface area contributed by atoms with Crippen LogP contribution in [-0.2, 0) is 6.42 Å². The van der Waals surface area contributed by atoms with Crippen molar-refractivity contribution in [2.75, 3.05) is 6.54 Å². The summed E-state index contributed by atoms with van der Waals surface area (Å²) in [6.07, 6.45) is 2.42. The van der Waals surface area contributed by atoms with E-state index in [-0.39, 0.29) is 5.82 Å². The van der Waals surface area contributed by atoms with Crippen LogP contribution in [0.5, 0.6) is 0 Å². The highest BCUT2D eigenvalue weighted by Crippen LogP contribution is 2.07. The topological polar surface area (TPSA) is 37.6 Å². The van der Waals surface area contributed by atoms with Crippen LogP contribution in [0.3, 0.4) is 0 Å². The first kappa shape index (κ1) is 11.4. The molecule has 3 nitrogen and oxygen atoms in total. The minimum absolute atomic E-state index is 0.219. The number of aromatic nitrogens is 1. The molecule has 0 fully saturated rings. The second-order valence-corrected chi connectivity index (χ2v) is 3.53. The van der Waals surface area contributed by atoms with Gasteiger partial charge in [-0.2, -0.15) is 5.11 Å². The van der Waals surface area contributed by atoms with Gasteiger partial charge in [-0.05, 0) is 36.2 Å². The molecule has 0 aliphatic heterocycles. The van der Waals surface area contributed by atoms with Crippen molar-refractivity contribution in [1.82, 2.24) is 4.98 Å². The molecule has 0 spiro atoms. The Morgan fingerprint density at radius 3 is 2.59 bits per heavy atom. The van der Waals surface area contributed by atoms with Crippen molar-refractivity contribution in [3.63, 3.8) is 0 Å². The Kier molecular flexibility index (Phi) is 3.91. The zero-order chi connectivity index (χ0) is 11.9. The van der Waals surface area contributed by atoms with Crippen LogP contribution in [0.15, 0.2) is 58.9 Å². The quantitative estimate of drug-likeness (QED) is 0.739. The van der Waals surface area contributed by atoms with Gasteiger partial charge >= 0.3 is 0 Å². The second kappa shape index (κ2) is 5.84. The van der Waals surface area contributed by atoms with Gasteiger partial charge in [0.2, 0.25) is 0 Å². The number of hydrogen-bond acceptors (Lipinski definition) is 3. The van der Waals surface area contributed by atoms with Crippen molar-refractivity contribution in [2.24, 2.45) is 10.2 Å². The Balaban J connectivity index is 1.84. The largest absolute Gasteiger partial charge is 0.236 e. The van der Waals surface area contributed by atoms with E-state index in [0.29, 0.717) is 12.4 Å². The molecule has 86 valence electrons. The van der Waals surface area contributed by atoms with Crippen LogP contribution in [0.4, 0.5) is 10.2 Å². The molecule has 0 radical (unpaired) electrons. The van der Waals surface area contributed by atoms with E-state index in [1.807, 2.05) is 12.1 Å². The van der Waals surface area contributed by atoms with E-state index in [1.54, 1.807) is 24.4 Å². The summed E-state index contributed by atoms with van der Waals surface area (Å²) in [5.41, 5.74) is 1.05. The van der Waals surface area contributed by atoms with Gasteiger partial charge in [0, 0.05) is 6.20 Å². The number of rotatable bonds is 4.